The fourth-order valence-corrected chi connectivity index (χ4v) is 3.81. The number of pyridine rings is 1. The average molecular weight is 518 g/mol. The van der Waals surface area contributed by atoms with Crippen LogP contribution in [0.2, 0.25) is 0 Å². The Kier molecular flexibility index (Phi) is 7.65. The van der Waals surface area contributed by atoms with Crippen molar-refractivity contribution in [2.75, 3.05) is 23.7 Å². The summed E-state index contributed by atoms with van der Waals surface area (Å²) >= 11 is 0. The van der Waals surface area contributed by atoms with Gasteiger partial charge in [0.25, 0.3) is 5.91 Å². The summed E-state index contributed by atoms with van der Waals surface area (Å²) in [7, 11) is 0. The first-order chi connectivity index (χ1) is 17.6. The number of anilines is 2. The van der Waals surface area contributed by atoms with Gasteiger partial charge in [-0.3, -0.25) is 4.79 Å². The van der Waals surface area contributed by atoms with Crippen LogP contribution in [0, 0.1) is 0 Å². The molecule has 1 saturated heterocycles. The Hall–Kier alpha value is -4.09. The van der Waals surface area contributed by atoms with E-state index in [1.54, 1.807) is 43.0 Å². The molecule has 1 aromatic carbocycles. The summed E-state index contributed by atoms with van der Waals surface area (Å²) in [5.74, 6) is -2.32. The number of piperidine rings is 1. The van der Waals surface area contributed by atoms with E-state index in [-0.39, 0.29) is 29.8 Å². The number of ether oxygens (including phenoxy) is 1. The number of aromatic nitrogens is 2. The van der Waals surface area contributed by atoms with Crippen molar-refractivity contribution in [2.24, 2.45) is 0 Å². The molecule has 0 unspecified atom stereocenters. The van der Waals surface area contributed by atoms with Crippen molar-refractivity contribution in [1.82, 2.24) is 14.9 Å². The number of carbonyl (C=O) groups excluding carboxylic acids is 2. The number of benzene rings is 1. The summed E-state index contributed by atoms with van der Waals surface area (Å²) in [6.45, 7) is 4.68. The molecule has 12 heteroatoms. The highest BCUT2D eigenvalue weighted by molar-refractivity contribution is 6.04. The first-order valence-electron chi connectivity index (χ1n) is 11.7. The summed E-state index contributed by atoms with van der Waals surface area (Å²) in [6.07, 6.45) is -2.68. The first-order valence-corrected chi connectivity index (χ1v) is 11.7. The molecule has 2 N–H and O–H groups in total. The van der Waals surface area contributed by atoms with Crippen LogP contribution in [0.5, 0.6) is 0 Å². The van der Waals surface area contributed by atoms with Gasteiger partial charge in [0.15, 0.2) is 5.69 Å². The number of oxazole rings is 1. The van der Waals surface area contributed by atoms with Gasteiger partial charge in [0, 0.05) is 24.7 Å². The van der Waals surface area contributed by atoms with E-state index < -0.39 is 23.5 Å². The molecule has 37 heavy (non-hydrogen) atoms. The molecule has 196 valence electrons. The zero-order valence-corrected chi connectivity index (χ0v) is 20.2. The molecule has 0 aliphatic carbocycles. The fourth-order valence-electron chi connectivity index (χ4n) is 3.81. The molecule has 3 aromatic rings. The Morgan fingerprint density at radius 1 is 1.11 bits per heavy atom. The van der Waals surface area contributed by atoms with Crippen LogP contribution in [-0.4, -0.2) is 52.1 Å². The third-order valence-corrected chi connectivity index (χ3v) is 5.58. The van der Waals surface area contributed by atoms with Gasteiger partial charge in [-0.05, 0) is 51.0 Å². The van der Waals surface area contributed by atoms with Crippen molar-refractivity contribution in [2.45, 2.75) is 45.0 Å². The van der Waals surface area contributed by atoms with E-state index in [2.05, 4.69) is 20.6 Å². The largest absolute Gasteiger partial charge is 0.452 e. The Bertz CT molecular complexity index is 1220. The third-order valence-electron chi connectivity index (χ3n) is 5.58. The number of amides is 2. The van der Waals surface area contributed by atoms with E-state index in [0.717, 1.165) is 0 Å². The van der Waals surface area contributed by atoms with Crippen LogP contribution in [0.4, 0.5) is 29.5 Å². The molecule has 0 radical (unpaired) electrons. The van der Waals surface area contributed by atoms with E-state index >= 15 is 0 Å². The van der Waals surface area contributed by atoms with Crippen molar-refractivity contribution >= 4 is 23.5 Å². The topological polar surface area (TPSA) is 110 Å². The average Bonchev–Trinajstić information content (AvgIpc) is 3.33. The lowest BCUT2D eigenvalue weighted by Gasteiger charge is -2.32. The van der Waals surface area contributed by atoms with Crippen LogP contribution in [0.25, 0.3) is 11.5 Å². The van der Waals surface area contributed by atoms with E-state index in [0.29, 0.717) is 37.3 Å². The SMILES string of the molecule is CC(C)OC(=O)N1CCC(Nc2ccc(NC(=O)c3nc(-c4ccccc4)oc3C(F)(F)F)cn2)CC1. The van der Waals surface area contributed by atoms with Gasteiger partial charge in [0.05, 0.1) is 18.0 Å². The standard InChI is InChI=1S/C25H26F3N5O4/c1-15(2)36-24(35)33-12-10-17(11-13-33)30-19-9-8-18(14-29-19)31-22(34)20-21(25(26,27)28)37-23(32-20)16-6-4-3-5-7-16/h3-9,14-15,17H,10-13H2,1-2H3,(H,29,30)(H,31,34). The van der Waals surface area contributed by atoms with Crippen LogP contribution in [-0.2, 0) is 10.9 Å². The maximum Gasteiger partial charge on any atom is 0.452 e. The molecule has 3 heterocycles. The Morgan fingerprint density at radius 3 is 2.41 bits per heavy atom. The van der Waals surface area contributed by atoms with E-state index in [9.17, 15) is 22.8 Å². The molecule has 9 nitrogen and oxygen atoms in total. The maximum absolute atomic E-state index is 13.5. The van der Waals surface area contributed by atoms with Gasteiger partial charge in [-0.15, -0.1) is 0 Å². The number of likely N-dealkylation sites (tertiary alicyclic amines) is 1. The maximum atomic E-state index is 13.5. The molecule has 0 spiro atoms. The van der Waals surface area contributed by atoms with Gasteiger partial charge in [-0.1, -0.05) is 18.2 Å². The van der Waals surface area contributed by atoms with E-state index in [1.807, 2.05) is 0 Å². The number of nitrogens with zero attached hydrogens (tertiary/aromatic N) is 3. The van der Waals surface area contributed by atoms with Gasteiger partial charge in [0.1, 0.15) is 5.82 Å². The van der Waals surface area contributed by atoms with Crippen LogP contribution in [0.1, 0.15) is 42.9 Å². The normalized spacial score (nSPS) is 14.5. The zero-order chi connectivity index (χ0) is 26.6. The Balaban J connectivity index is 1.38. The van der Waals surface area contributed by atoms with Crippen molar-refractivity contribution in [1.29, 1.82) is 0 Å². The van der Waals surface area contributed by atoms with Gasteiger partial charge in [-0.25, -0.2) is 14.8 Å². The third kappa shape index (κ3) is 6.57. The molecule has 0 saturated carbocycles. The lowest BCUT2D eigenvalue weighted by molar-refractivity contribution is -0.153. The Labute approximate surface area is 211 Å². The number of nitrogens with one attached hydrogen (secondary N) is 2. The monoisotopic (exact) mass is 517 g/mol. The fraction of sp³-hybridized carbons (Fsp3) is 0.360. The van der Waals surface area contributed by atoms with Crippen LogP contribution in [0.3, 0.4) is 0 Å². The predicted octanol–water partition coefficient (Wildman–Crippen LogP) is 5.43. The molecular weight excluding hydrogens is 491 g/mol. The number of rotatable bonds is 6. The van der Waals surface area contributed by atoms with E-state index in [4.69, 9.17) is 9.15 Å². The molecule has 0 atom stereocenters. The van der Waals surface area contributed by atoms with Gasteiger partial charge in [-0.2, -0.15) is 13.2 Å². The Morgan fingerprint density at radius 2 is 1.81 bits per heavy atom. The molecule has 1 fully saturated rings. The summed E-state index contributed by atoms with van der Waals surface area (Å²) in [6, 6.07) is 11.2. The van der Waals surface area contributed by atoms with Crippen molar-refractivity contribution in [3.05, 3.63) is 60.1 Å². The smallest absolute Gasteiger partial charge is 0.447 e. The molecule has 4 rings (SSSR count). The number of carbonyl (C=O) groups is 2. The summed E-state index contributed by atoms with van der Waals surface area (Å²) < 4.78 is 50.7. The first kappa shape index (κ1) is 26.0. The van der Waals surface area contributed by atoms with Gasteiger partial charge >= 0.3 is 12.3 Å². The second kappa shape index (κ2) is 10.9. The van der Waals surface area contributed by atoms with Crippen molar-refractivity contribution in [3.63, 3.8) is 0 Å². The lowest BCUT2D eigenvalue weighted by atomic mass is 10.1. The molecule has 1 aliphatic heterocycles. The summed E-state index contributed by atoms with van der Waals surface area (Å²) in [5.41, 5.74) is -0.359. The van der Waals surface area contributed by atoms with Crippen LogP contribution >= 0.6 is 0 Å². The summed E-state index contributed by atoms with van der Waals surface area (Å²) in [5, 5.41) is 5.66. The number of hydrogen-bond donors (Lipinski definition) is 2. The quantitative estimate of drug-likeness (QED) is 0.449. The van der Waals surface area contributed by atoms with Gasteiger partial charge < -0.3 is 24.7 Å². The zero-order valence-electron chi connectivity index (χ0n) is 20.2. The second-order valence-corrected chi connectivity index (χ2v) is 8.78. The highest BCUT2D eigenvalue weighted by Crippen LogP contribution is 2.35. The minimum atomic E-state index is -4.90. The summed E-state index contributed by atoms with van der Waals surface area (Å²) in [4.78, 5) is 34.4. The van der Waals surface area contributed by atoms with E-state index in [1.165, 1.54) is 24.4 Å². The van der Waals surface area contributed by atoms with Gasteiger partial charge in [0.2, 0.25) is 11.7 Å². The second-order valence-electron chi connectivity index (χ2n) is 8.78. The highest BCUT2D eigenvalue weighted by Gasteiger charge is 2.42. The minimum Gasteiger partial charge on any atom is -0.447 e. The van der Waals surface area contributed by atoms with Crippen LogP contribution < -0.4 is 10.6 Å². The molecule has 2 aromatic heterocycles. The number of halogens is 3. The molecular formula is C25H26F3N5O4. The minimum absolute atomic E-state index is 0.0805. The van der Waals surface area contributed by atoms with Crippen LogP contribution in [0.15, 0.2) is 53.1 Å². The molecule has 1 aliphatic rings. The predicted molar refractivity (Wildman–Crippen MR) is 129 cm³/mol. The molecule has 2 amide bonds. The van der Waals surface area contributed by atoms with Crippen molar-refractivity contribution in [3.8, 4) is 11.5 Å². The molecule has 0 bridgehead atoms. The number of hydrogen-bond acceptors (Lipinski definition) is 7. The lowest BCUT2D eigenvalue weighted by Crippen LogP contribution is -2.43. The van der Waals surface area contributed by atoms with Crippen molar-refractivity contribution < 1.29 is 31.9 Å². The number of alkyl halides is 3. The highest BCUT2D eigenvalue weighted by atomic mass is 19.4.